The molecule has 2 heterocycles. The second-order valence-electron chi connectivity index (χ2n) is 3.81. The second kappa shape index (κ2) is 4.26. The molecule has 0 aliphatic rings. The average molecular weight is 281 g/mol. The van der Waals surface area contributed by atoms with Gasteiger partial charge >= 0.3 is 0 Å². The molecule has 0 saturated heterocycles. The van der Waals surface area contributed by atoms with E-state index in [1.807, 2.05) is 0 Å². The lowest BCUT2D eigenvalue weighted by atomic mass is 10.2. The summed E-state index contributed by atoms with van der Waals surface area (Å²) in [5.74, 6) is -0.382. The predicted molar refractivity (Wildman–Crippen MR) is 70.6 cm³/mol. The molecule has 0 unspecified atom stereocenters. The first-order chi connectivity index (χ1) is 8.66. The first kappa shape index (κ1) is 11.5. The molecule has 2 nitrogen and oxygen atoms in total. The number of fused-ring (bicyclic) bond motifs is 1. The summed E-state index contributed by atoms with van der Waals surface area (Å²) < 4.78 is 15.2. The number of benzene rings is 1. The first-order valence-corrected chi connectivity index (χ1v) is 6.00. The van der Waals surface area contributed by atoms with E-state index in [2.05, 4.69) is 4.98 Å². The summed E-state index contributed by atoms with van der Waals surface area (Å²) in [6.45, 7) is 0. The fourth-order valence-corrected chi connectivity index (χ4v) is 2.43. The lowest BCUT2D eigenvalue weighted by molar-refractivity contribution is 0.630. The van der Waals surface area contributed by atoms with Crippen LogP contribution in [0.3, 0.4) is 0 Å². The molecule has 90 valence electrons. The van der Waals surface area contributed by atoms with Gasteiger partial charge in [-0.25, -0.2) is 9.37 Å². The van der Waals surface area contributed by atoms with Gasteiger partial charge in [-0.1, -0.05) is 29.3 Å². The summed E-state index contributed by atoms with van der Waals surface area (Å²) in [6, 6.07) is 8.18. The van der Waals surface area contributed by atoms with E-state index in [1.165, 1.54) is 6.07 Å². The van der Waals surface area contributed by atoms with E-state index in [9.17, 15) is 4.39 Å². The van der Waals surface area contributed by atoms with Crippen LogP contribution in [0.2, 0.25) is 10.0 Å². The van der Waals surface area contributed by atoms with Crippen LogP contribution in [0, 0.1) is 5.82 Å². The third-order valence-electron chi connectivity index (χ3n) is 2.65. The maximum Gasteiger partial charge on any atom is 0.173 e. The quantitative estimate of drug-likeness (QED) is 0.644. The van der Waals surface area contributed by atoms with Crippen molar-refractivity contribution in [3.8, 4) is 11.3 Å². The molecule has 0 amide bonds. The number of aromatic nitrogens is 2. The molecular formula is C13H7Cl2FN2. The fraction of sp³-hybridized carbons (Fsp3) is 0. The Hall–Kier alpha value is -1.58. The van der Waals surface area contributed by atoms with E-state index in [4.69, 9.17) is 23.2 Å². The summed E-state index contributed by atoms with van der Waals surface area (Å²) in [7, 11) is 0. The molecular weight excluding hydrogens is 274 g/mol. The minimum absolute atomic E-state index is 0.253. The Morgan fingerprint density at radius 3 is 2.44 bits per heavy atom. The first-order valence-electron chi connectivity index (χ1n) is 5.24. The maximum absolute atomic E-state index is 13.6. The van der Waals surface area contributed by atoms with Crippen molar-refractivity contribution in [2.75, 3.05) is 0 Å². The Morgan fingerprint density at radius 2 is 1.78 bits per heavy atom. The maximum atomic E-state index is 13.6. The minimum Gasteiger partial charge on any atom is -0.304 e. The predicted octanol–water partition coefficient (Wildman–Crippen LogP) is 4.45. The third kappa shape index (κ3) is 1.76. The fourth-order valence-electron chi connectivity index (χ4n) is 1.84. The summed E-state index contributed by atoms with van der Waals surface area (Å²) in [6.07, 6.45) is 3.42. The van der Waals surface area contributed by atoms with Gasteiger partial charge in [0.15, 0.2) is 11.5 Å². The molecule has 1 aromatic carbocycles. The number of imidazole rings is 1. The third-order valence-corrected chi connectivity index (χ3v) is 3.28. The van der Waals surface area contributed by atoms with Crippen molar-refractivity contribution in [2.24, 2.45) is 0 Å². The van der Waals surface area contributed by atoms with Crippen molar-refractivity contribution >= 4 is 28.8 Å². The van der Waals surface area contributed by atoms with Gasteiger partial charge in [0.1, 0.15) is 0 Å². The zero-order chi connectivity index (χ0) is 12.7. The Balaban J connectivity index is 2.30. The van der Waals surface area contributed by atoms with Crippen molar-refractivity contribution in [2.45, 2.75) is 0 Å². The number of hydrogen-bond acceptors (Lipinski definition) is 1. The largest absolute Gasteiger partial charge is 0.304 e. The van der Waals surface area contributed by atoms with Crippen molar-refractivity contribution < 1.29 is 4.39 Å². The van der Waals surface area contributed by atoms with Crippen LogP contribution in [0.15, 0.2) is 42.7 Å². The van der Waals surface area contributed by atoms with Crippen LogP contribution in [0.4, 0.5) is 4.39 Å². The van der Waals surface area contributed by atoms with Crippen LogP contribution >= 0.6 is 23.2 Å². The normalized spacial score (nSPS) is 11.1. The van der Waals surface area contributed by atoms with Crippen LogP contribution < -0.4 is 0 Å². The summed E-state index contributed by atoms with van der Waals surface area (Å²) in [5.41, 5.74) is 1.42. The SMILES string of the molecule is Fc1cccn2cc(-c3c(Cl)cccc3Cl)nc12. The van der Waals surface area contributed by atoms with Gasteiger partial charge < -0.3 is 4.40 Å². The smallest absolute Gasteiger partial charge is 0.173 e. The van der Waals surface area contributed by atoms with E-state index in [0.29, 0.717) is 21.3 Å². The molecule has 0 fully saturated rings. The van der Waals surface area contributed by atoms with Gasteiger partial charge in [0.05, 0.1) is 15.7 Å². The van der Waals surface area contributed by atoms with Gasteiger partial charge in [0.2, 0.25) is 0 Å². The van der Waals surface area contributed by atoms with Gasteiger partial charge in [-0.15, -0.1) is 0 Å². The Labute approximate surface area is 113 Å². The molecule has 0 bridgehead atoms. The van der Waals surface area contributed by atoms with Crippen molar-refractivity contribution in [3.05, 3.63) is 58.6 Å². The monoisotopic (exact) mass is 280 g/mol. The van der Waals surface area contributed by atoms with Crippen LogP contribution in [-0.4, -0.2) is 9.38 Å². The van der Waals surface area contributed by atoms with Gasteiger partial charge in [-0.2, -0.15) is 0 Å². The topological polar surface area (TPSA) is 17.3 Å². The van der Waals surface area contributed by atoms with E-state index in [-0.39, 0.29) is 11.5 Å². The molecule has 2 aromatic heterocycles. The van der Waals surface area contributed by atoms with Crippen molar-refractivity contribution in [1.82, 2.24) is 9.38 Å². The van der Waals surface area contributed by atoms with Gasteiger partial charge in [-0.3, -0.25) is 0 Å². The van der Waals surface area contributed by atoms with Crippen molar-refractivity contribution in [1.29, 1.82) is 0 Å². The molecule has 0 atom stereocenters. The van der Waals surface area contributed by atoms with Crippen LogP contribution in [0.1, 0.15) is 0 Å². The number of hydrogen-bond donors (Lipinski definition) is 0. The summed E-state index contributed by atoms with van der Waals surface area (Å²) in [4.78, 5) is 4.22. The van der Waals surface area contributed by atoms with Crippen molar-refractivity contribution in [3.63, 3.8) is 0 Å². The van der Waals surface area contributed by atoms with E-state index < -0.39 is 0 Å². The zero-order valence-corrected chi connectivity index (χ0v) is 10.6. The standard InChI is InChI=1S/C13H7Cl2FN2/c14-8-3-1-4-9(15)12(8)11-7-18-6-2-5-10(16)13(18)17-11/h1-7H. The molecule has 0 spiro atoms. The highest BCUT2D eigenvalue weighted by molar-refractivity contribution is 6.39. The van der Waals surface area contributed by atoms with Gasteiger partial charge in [0.25, 0.3) is 0 Å². The van der Waals surface area contributed by atoms with Gasteiger partial charge in [0, 0.05) is 18.0 Å². The Kier molecular flexibility index (Phi) is 2.73. The zero-order valence-electron chi connectivity index (χ0n) is 9.07. The highest BCUT2D eigenvalue weighted by Gasteiger charge is 2.13. The van der Waals surface area contributed by atoms with Crippen LogP contribution in [-0.2, 0) is 0 Å². The average Bonchev–Trinajstić information content (AvgIpc) is 2.74. The molecule has 18 heavy (non-hydrogen) atoms. The van der Waals surface area contributed by atoms with Crippen LogP contribution in [0.5, 0.6) is 0 Å². The number of halogens is 3. The lowest BCUT2D eigenvalue weighted by Crippen LogP contribution is -1.85. The van der Waals surface area contributed by atoms with E-state index >= 15 is 0 Å². The highest BCUT2D eigenvalue weighted by Crippen LogP contribution is 2.34. The Morgan fingerprint density at radius 1 is 1.06 bits per heavy atom. The lowest BCUT2D eigenvalue weighted by Gasteiger charge is -2.02. The molecule has 3 aromatic rings. The summed E-state index contributed by atoms with van der Waals surface area (Å²) >= 11 is 12.2. The number of nitrogens with zero attached hydrogens (tertiary/aromatic N) is 2. The molecule has 0 radical (unpaired) electrons. The highest BCUT2D eigenvalue weighted by atomic mass is 35.5. The molecule has 5 heteroatoms. The molecule has 0 aliphatic heterocycles. The molecule has 0 saturated carbocycles. The molecule has 0 N–H and O–H groups in total. The minimum atomic E-state index is -0.382. The second-order valence-corrected chi connectivity index (χ2v) is 4.62. The van der Waals surface area contributed by atoms with E-state index in [1.54, 1.807) is 41.1 Å². The van der Waals surface area contributed by atoms with Gasteiger partial charge in [-0.05, 0) is 24.3 Å². The summed E-state index contributed by atoms with van der Waals surface area (Å²) in [5, 5.41) is 0.984. The molecule has 3 rings (SSSR count). The number of rotatable bonds is 1. The molecule has 0 aliphatic carbocycles. The Bertz CT molecular complexity index is 717. The van der Waals surface area contributed by atoms with Crippen LogP contribution in [0.25, 0.3) is 16.9 Å². The van der Waals surface area contributed by atoms with E-state index in [0.717, 1.165) is 0 Å². The number of pyridine rings is 1.